The molecule has 1 N–H and O–H groups in total. The Morgan fingerprint density at radius 2 is 2.06 bits per heavy atom. The highest BCUT2D eigenvalue weighted by Gasteiger charge is 2.02. The van der Waals surface area contributed by atoms with Crippen LogP contribution in [-0.4, -0.2) is 38.5 Å². The molecule has 1 aromatic heterocycles. The Hall–Kier alpha value is -1.17. The molecule has 0 saturated heterocycles. The van der Waals surface area contributed by atoms with Crippen molar-refractivity contribution in [2.45, 2.75) is 19.5 Å². The molecule has 102 valence electrons. The molecule has 0 aliphatic rings. The zero-order valence-corrected chi connectivity index (χ0v) is 11.1. The van der Waals surface area contributed by atoms with Gasteiger partial charge in [0.25, 0.3) is 5.56 Å². The highest BCUT2D eigenvalue weighted by molar-refractivity contribution is 5.10. The summed E-state index contributed by atoms with van der Waals surface area (Å²) < 4.78 is 11.7. The van der Waals surface area contributed by atoms with E-state index in [-0.39, 0.29) is 5.56 Å². The number of rotatable bonds is 9. The number of pyridine rings is 1. The summed E-state index contributed by atoms with van der Waals surface area (Å²) in [6, 6.07) is 3.76. The van der Waals surface area contributed by atoms with Crippen molar-refractivity contribution in [3.63, 3.8) is 0 Å². The van der Waals surface area contributed by atoms with Gasteiger partial charge in [0.15, 0.2) is 0 Å². The van der Waals surface area contributed by atoms with E-state index < -0.39 is 0 Å². The van der Waals surface area contributed by atoms with Gasteiger partial charge in [-0.1, -0.05) is 6.07 Å². The van der Waals surface area contributed by atoms with E-state index in [0.29, 0.717) is 26.3 Å². The molecule has 0 amide bonds. The molecule has 5 nitrogen and oxygen atoms in total. The molecule has 1 rings (SSSR count). The molecule has 18 heavy (non-hydrogen) atoms. The zero-order chi connectivity index (χ0) is 13.2. The van der Waals surface area contributed by atoms with Gasteiger partial charge in [-0.3, -0.25) is 4.79 Å². The highest BCUT2D eigenvalue weighted by atomic mass is 16.5. The van der Waals surface area contributed by atoms with Crippen molar-refractivity contribution in [3.05, 3.63) is 34.2 Å². The van der Waals surface area contributed by atoms with Crippen LogP contribution in [0.1, 0.15) is 12.0 Å². The van der Waals surface area contributed by atoms with Gasteiger partial charge < -0.3 is 19.4 Å². The normalized spacial score (nSPS) is 10.8. The summed E-state index contributed by atoms with van der Waals surface area (Å²) in [7, 11) is 3.33. The third-order valence-electron chi connectivity index (χ3n) is 2.64. The Morgan fingerprint density at radius 3 is 2.78 bits per heavy atom. The smallest absolute Gasteiger partial charge is 0.255 e. The van der Waals surface area contributed by atoms with Crippen LogP contribution in [0.15, 0.2) is 23.1 Å². The van der Waals surface area contributed by atoms with Gasteiger partial charge in [-0.15, -0.1) is 0 Å². The lowest BCUT2D eigenvalue weighted by Gasteiger charge is -2.08. The number of aryl methyl sites for hydroxylation is 1. The second kappa shape index (κ2) is 8.85. The lowest BCUT2D eigenvalue weighted by Crippen LogP contribution is -2.28. The van der Waals surface area contributed by atoms with Gasteiger partial charge >= 0.3 is 0 Å². The third-order valence-corrected chi connectivity index (χ3v) is 2.64. The monoisotopic (exact) mass is 254 g/mol. The molecule has 0 spiro atoms. The first-order valence-corrected chi connectivity index (χ1v) is 6.16. The van der Waals surface area contributed by atoms with Gasteiger partial charge in [-0.25, -0.2) is 0 Å². The van der Waals surface area contributed by atoms with E-state index in [4.69, 9.17) is 9.47 Å². The molecule has 0 fully saturated rings. The average Bonchev–Trinajstić information content (AvgIpc) is 2.38. The first kappa shape index (κ1) is 14.9. The molecule has 1 heterocycles. The Labute approximate surface area is 108 Å². The van der Waals surface area contributed by atoms with Crippen LogP contribution in [0.5, 0.6) is 0 Å². The van der Waals surface area contributed by atoms with Crippen LogP contribution >= 0.6 is 0 Å². The van der Waals surface area contributed by atoms with Crippen molar-refractivity contribution in [1.29, 1.82) is 0 Å². The lowest BCUT2D eigenvalue weighted by molar-refractivity contribution is 0.190. The SMILES string of the molecule is COCCCn1cccc(CNCCOC)c1=O. The number of hydrogen-bond donors (Lipinski definition) is 1. The molecule has 1 aromatic rings. The number of methoxy groups -OCH3 is 2. The van der Waals surface area contributed by atoms with Gasteiger partial charge in [0.2, 0.25) is 0 Å². The summed E-state index contributed by atoms with van der Waals surface area (Å²) >= 11 is 0. The largest absolute Gasteiger partial charge is 0.385 e. The van der Waals surface area contributed by atoms with Gasteiger partial charge in [-0.2, -0.15) is 0 Å². The molecule has 0 saturated carbocycles. The van der Waals surface area contributed by atoms with Crippen LogP contribution in [0, 0.1) is 0 Å². The quantitative estimate of drug-likeness (QED) is 0.656. The third kappa shape index (κ3) is 5.00. The molecule has 0 aliphatic carbocycles. The van der Waals surface area contributed by atoms with E-state index in [1.54, 1.807) is 18.8 Å². The predicted molar refractivity (Wildman–Crippen MR) is 70.8 cm³/mol. The highest BCUT2D eigenvalue weighted by Crippen LogP contribution is 1.94. The minimum Gasteiger partial charge on any atom is -0.385 e. The average molecular weight is 254 g/mol. The fraction of sp³-hybridized carbons (Fsp3) is 0.615. The molecule has 0 unspecified atom stereocenters. The minimum atomic E-state index is 0.0681. The maximum absolute atomic E-state index is 12.1. The molecule has 5 heteroatoms. The van der Waals surface area contributed by atoms with Crippen molar-refractivity contribution < 1.29 is 9.47 Å². The molecule has 0 atom stereocenters. The van der Waals surface area contributed by atoms with Crippen molar-refractivity contribution >= 4 is 0 Å². The van der Waals surface area contributed by atoms with Gasteiger partial charge in [0.05, 0.1) is 6.61 Å². The first-order chi connectivity index (χ1) is 8.79. The lowest BCUT2D eigenvalue weighted by atomic mass is 10.2. The summed E-state index contributed by atoms with van der Waals surface area (Å²) in [5.41, 5.74) is 0.851. The fourth-order valence-electron chi connectivity index (χ4n) is 1.67. The number of hydrogen-bond acceptors (Lipinski definition) is 4. The fourth-order valence-corrected chi connectivity index (χ4v) is 1.67. The second-order valence-electron chi connectivity index (χ2n) is 4.05. The van der Waals surface area contributed by atoms with E-state index in [1.165, 1.54) is 0 Å². The maximum Gasteiger partial charge on any atom is 0.255 e. The number of ether oxygens (including phenoxy) is 2. The van der Waals surface area contributed by atoms with Crippen molar-refractivity contribution in [1.82, 2.24) is 9.88 Å². The summed E-state index contributed by atoms with van der Waals surface area (Å²) in [6.07, 6.45) is 2.66. The van der Waals surface area contributed by atoms with Crippen molar-refractivity contribution in [3.8, 4) is 0 Å². The Balaban J connectivity index is 2.52. The summed E-state index contributed by atoms with van der Waals surface area (Å²) in [5, 5.41) is 3.17. The van der Waals surface area contributed by atoms with Crippen LogP contribution in [0.25, 0.3) is 0 Å². The van der Waals surface area contributed by atoms with Crippen LogP contribution in [0.3, 0.4) is 0 Å². The summed E-state index contributed by atoms with van der Waals surface area (Å²) in [5.74, 6) is 0. The number of nitrogens with one attached hydrogen (secondary N) is 1. The van der Waals surface area contributed by atoms with Crippen LogP contribution in [-0.2, 0) is 22.6 Å². The van der Waals surface area contributed by atoms with Crippen molar-refractivity contribution in [2.24, 2.45) is 0 Å². The van der Waals surface area contributed by atoms with Crippen LogP contribution < -0.4 is 10.9 Å². The van der Waals surface area contributed by atoms with Crippen molar-refractivity contribution in [2.75, 3.05) is 34.0 Å². The number of nitrogens with zero attached hydrogens (tertiary/aromatic N) is 1. The topological polar surface area (TPSA) is 52.5 Å². The second-order valence-corrected chi connectivity index (χ2v) is 4.05. The molecular weight excluding hydrogens is 232 g/mol. The van der Waals surface area contributed by atoms with E-state index in [0.717, 1.165) is 18.5 Å². The van der Waals surface area contributed by atoms with E-state index in [9.17, 15) is 4.79 Å². The summed E-state index contributed by atoms with van der Waals surface area (Å²) in [4.78, 5) is 12.1. The predicted octanol–water partition coefficient (Wildman–Crippen LogP) is 0.621. The Morgan fingerprint density at radius 1 is 1.28 bits per heavy atom. The standard InChI is InChI=1S/C13H22N2O3/c1-17-9-4-8-15-7-3-5-12(13(15)16)11-14-6-10-18-2/h3,5,7,14H,4,6,8-11H2,1-2H3. The Kier molecular flexibility index (Phi) is 7.32. The van der Waals surface area contributed by atoms with Gasteiger partial charge in [0, 0.05) is 52.2 Å². The molecule has 0 aliphatic heterocycles. The van der Waals surface area contributed by atoms with Gasteiger partial charge in [0.1, 0.15) is 0 Å². The molecule has 0 aromatic carbocycles. The summed E-state index contributed by atoms with van der Waals surface area (Å²) in [6.45, 7) is 3.33. The molecular formula is C13H22N2O3. The van der Waals surface area contributed by atoms with E-state index >= 15 is 0 Å². The zero-order valence-electron chi connectivity index (χ0n) is 11.1. The first-order valence-electron chi connectivity index (χ1n) is 6.16. The van der Waals surface area contributed by atoms with E-state index in [1.807, 2.05) is 18.3 Å². The Bertz CT molecular complexity index is 390. The van der Waals surface area contributed by atoms with Crippen LogP contribution in [0.4, 0.5) is 0 Å². The van der Waals surface area contributed by atoms with Gasteiger partial charge in [-0.05, 0) is 12.5 Å². The van der Waals surface area contributed by atoms with Crippen LogP contribution in [0.2, 0.25) is 0 Å². The van der Waals surface area contributed by atoms with E-state index in [2.05, 4.69) is 5.32 Å². The number of aromatic nitrogens is 1. The molecule has 0 bridgehead atoms. The molecule has 0 radical (unpaired) electrons. The maximum atomic E-state index is 12.1. The minimum absolute atomic E-state index is 0.0681.